The lowest BCUT2D eigenvalue weighted by Crippen LogP contribution is -2.39. The lowest BCUT2D eigenvalue weighted by atomic mass is 10.1. The van der Waals surface area contributed by atoms with E-state index in [1.54, 1.807) is 0 Å². The number of rotatable bonds is 9. The highest BCUT2D eigenvalue weighted by Gasteiger charge is 2.08. The Bertz CT molecular complexity index is 713. The number of hydrogen-bond acceptors (Lipinski definition) is 4. The Labute approximate surface area is 167 Å². The molecule has 0 spiro atoms. The average molecular weight is 383 g/mol. The first-order chi connectivity index (χ1) is 13.8. The van der Waals surface area contributed by atoms with Gasteiger partial charge in [-0.2, -0.15) is 0 Å². The first-order valence-electron chi connectivity index (χ1n) is 9.89. The number of aliphatic imine (C=N–C) groups is 1. The van der Waals surface area contributed by atoms with Crippen LogP contribution in [-0.4, -0.2) is 50.3 Å². The van der Waals surface area contributed by atoms with E-state index in [4.69, 9.17) is 15.2 Å². The van der Waals surface area contributed by atoms with Crippen molar-refractivity contribution in [3.8, 4) is 5.75 Å². The molecule has 0 amide bonds. The zero-order valence-corrected chi connectivity index (χ0v) is 16.3. The molecule has 0 atom stereocenters. The van der Waals surface area contributed by atoms with Gasteiger partial charge in [0, 0.05) is 19.6 Å². The standard InChI is InChI=1S/C22H30N4O2/c23-22(24-11-4-12-26-13-15-27-16-14-26)25-17-19-7-9-20(10-8-19)18-28-21-5-2-1-3-6-21/h1-3,5-10H,4,11-18H2,(H3,23,24,25). The third-order valence-corrected chi connectivity index (χ3v) is 4.66. The normalized spacial score (nSPS) is 15.4. The first-order valence-corrected chi connectivity index (χ1v) is 9.89. The average Bonchev–Trinajstić information content (AvgIpc) is 2.76. The molecule has 3 rings (SSSR count). The van der Waals surface area contributed by atoms with Gasteiger partial charge in [-0.15, -0.1) is 0 Å². The van der Waals surface area contributed by atoms with E-state index in [-0.39, 0.29) is 0 Å². The first kappa shape index (κ1) is 20.2. The third kappa shape index (κ3) is 7.21. The fourth-order valence-electron chi connectivity index (χ4n) is 3.00. The lowest BCUT2D eigenvalue weighted by Gasteiger charge is -2.26. The molecule has 1 aliphatic heterocycles. The lowest BCUT2D eigenvalue weighted by molar-refractivity contribution is 0.0376. The molecule has 1 fully saturated rings. The molecule has 28 heavy (non-hydrogen) atoms. The monoisotopic (exact) mass is 382 g/mol. The predicted molar refractivity (Wildman–Crippen MR) is 112 cm³/mol. The molecular weight excluding hydrogens is 352 g/mol. The Morgan fingerprint density at radius 3 is 2.50 bits per heavy atom. The molecule has 0 aromatic heterocycles. The fourth-order valence-corrected chi connectivity index (χ4v) is 3.00. The molecule has 2 aromatic carbocycles. The second kappa shape index (κ2) is 11.3. The quantitative estimate of drug-likeness (QED) is 0.396. The van der Waals surface area contributed by atoms with E-state index in [2.05, 4.69) is 39.5 Å². The van der Waals surface area contributed by atoms with Crippen molar-refractivity contribution in [1.29, 1.82) is 0 Å². The number of nitrogens with zero attached hydrogens (tertiary/aromatic N) is 2. The molecule has 6 nitrogen and oxygen atoms in total. The van der Waals surface area contributed by atoms with E-state index >= 15 is 0 Å². The Morgan fingerprint density at radius 1 is 1.04 bits per heavy atom. The minimum Gasteiger partial charge on any atom is -0.489 e. The largest absolute Gasteiger partial charge is 0.489 e. The summed E-state index contributed by atoms with van der Waals surface area (Å²) < 4.78 is 11.1. The molecule has 0 radical (unpaired) electrons. The van der Waals surface area contributed by atoms with Gasteiger partial charge in [0.25, 0.3) is 0 Å². The van der Waals surface area contributed by atoms with E-state index in [0.717, 1.165) is 62.7 Å². The van der Waals surface area contributed by atoms with Crippen LogP contribution in [0, 0.1) is 0 Å². The minimum atomic E-state index is 0.499. The van der Waals surface area contributed by atoms with Crippen molar-refractivity contribution in [2.24, 2.45) is 10.7 Å². The molecular formula is C22H30N4O2. The van der Waals surface area contributed by atoms with E-state index in [1.165, 1.54) is 0 Å². The van der Waals surface area contributed by atoms with Crippen LogP contribution in [0.15, 0.2) is 59.6 Å². The highest BCUT2D eigenvalue weighted by molar-refractivity contribution is 5.77. The number of benzene rings is 2. The SMILES string of the molecule is NC(=NCc1ccc(COc2ccccc2)cc1)NCCCN1CCOCC1. The summed E-state index contributed by atoms with van der Waals surface area (Å²) in [7, 11) is 0. The summed E-state index contributed by atoms with van der Waals surface area (Å²) >= 11 is 0. The Kier molecular flexibility index (Phi) is 8.15. The second-order valence-corrected chi connectivity index (χ2v) is 6.85. The predicted octanol–water partition coefficient (Wildman–Crippen LogP) is 2.39. The van der Waals surface area contributed by atoms with Crippen molar-refractivity contribution in [2.45, 2.75) is 19.6 Å². The zero-order chi connectivity index (χ0) is 19.4. The van der Waals surface area contributed by atoms with E-state index in [9.17, 15) is 0 Å². The summed E-state index contributed by atoms with van der Waals surface area (Å²) in [4.78, 5) is 6.84. The van der Waals surface area contributed by atoms with Crippen LogP contribution >= 0.6 is 0 Å². The van der Waals surface area contributed by atoms with Gasteiger partial charge in [0.1, 0.15) is 12.4 Å². The molecule has 3 N–H and O–H groups in total. The van der Waals surface area contributed by atoms with Crippen LogP contribution in [0.25, 0.3) is 0 Å². The number of nitrogens with one attached hydrogen (secondary N) is 1. The van der Waals surface area contributed by atoms with Gasteiger partial charge in [-0.05, 0) is 36.2 Å². The zero-order valence-electron chi connectivity index (χ0n) is 16.3. The molecule has 1 aliphatic rings. The van der Waals surface area contributed by atoms with Crippen LogP contribution in [-0.2, 0) is 17.9 Å². The van der Waals surface area contributed by atoms with Crippen LogP contribution in [0.2, 0.25) is 0 Å². The summed E-state index contributed by atoms with van der Waals surface area (Å²) in [5.74, 6) is 1.38. The van der Waals surface area contributed by atoms with E-state index in [1.807, 2.05) is 30.3 Å². The minimum absolute atomic E-state index is 0.499. The molecule has 150 valence electrons. The second-order valence-electron chi connectivity index (χ2n) is 6.85. The Hall–Kier alpha value is -2.57. The summed E-state index contributed by atoms with van der Waals surface area (Å²) in [6.07, 6.45) is 1.05. The number of para-hydroxylation sites is 1. The number of morpholine rings is 1. The fraction of sp³-hybridized carbons (Fsp3) is 0.409. The van der Waals surface area contributed by atoms with Gasteiger partial charge in [0.15, 0.2) is 5.96 Å². The molecule has 0 aliphatic carbocycles. The smallest absolute Gasteiger partial charge is 0.188 e. The van der Waals surface area contributed by atoms with Crippen LogP contribution < -0.4 is 15.8 Å². The van der Waals surface area contributed by atoms with Crippen molar-refractivity contribution in [2.75, 3.05) is 39.4 Å². The van der Waals surface area contributed by atoms with Crippen molar-refractivity contribution < 1.29 is 9.47 Å². The van der Waals surface area contributed by atoms with E-state index < -0.39 is 0 Å². The molecule has 2 aromatic rings. The molecule has 6 heteroatoms. The van der Waals surface area contributed by atoms with Gasteiger partial charge in [0.2, 0.25) is 0 Å². The van der Waals surface area contributed by atoms with Gasteiger partial charge >= 0.3 is 0 Å². The summed E-state index contributed by atoms with van der Waals surface area (Å²) in [5.41, 5.74) is 8.22. The van der Waals surface area contributed by atoms with Gasteiger partial charge in [-0.25, -0.2) is 4.99 Å². The molecule has 0 saturated carbocycles. The van der Waals surface area contributed by atoms with Crippen LogP contribution in [0.3, 0.4) is 0 Å². The van der Waals surface area contributed by atoms with Crippen LogP contribution in [0.1, 0.15) is 17.5 Å². The van der Waals surface area contributed by atoms with Crippen molar-refractivity contribution >= 4 is 5.96 Å². The number of guanidine groups is 1. The van der Waals surface area contributed by atoms with Gasteiger partial charge in [-0.3, -0.25) is 4.90 Å². The van der Waals surface area contributed by atoms with Gasteiger partial charge in [0.05, 0.1) is 19.8 Å². The highest BCUT2D eigenvalue weighted by Crippen LogP contribution is 2.12. The molecule has 1 saturated heterocycles. The molecule has 0 unspecified atom stereocenters. The Balaban J connectivity index is 1.33. The highest BCUT2D eigenvalue weighted by atomic mass is 16.5. The summed E-state index contributed by atoms with van der Waals surface area (Å²) in [6, 6.07) is 18.1. The number of hydrogen-bond donors (Lipinski definition) is 2. The van der Waals surface area contributed by atoms with Crippen LogP contribution in [0.5, 0.6) is 5.75 Å². The van der Waals surface area contributed by atoms with Crippen molar-refractivity contribution in [1.82, 2.24) is 10.2 Å². The van der Waals surface area contributed by atoms with Gasteiger partial charge in [-0.1, -0.05) is 42.5 Å². The van der Waals surface area contributed by atoms with Crippen molar-refractivity contribution in [3.05, 3.63) is 65.7 Å². The van der Waals surface area contributed by atoms with E-state index in [0.29, 0.717) is 19.1 Å². The number of nitrogens with two attached hydrogens (primary N) is 1. The van der Waals surface area contributed by atoms with Crippen LogP contribution in [0.4, 0.5) is 0 Å². The van der Waals surface area contributed by atoms with Crippen molar-refractivity contribution in [3.63, 3.8) is 0 Å². The summed E-state index contributed by atoms with van der Waals surface area (Å²) in [5, 5.41) is 3.19. The maximum atomic E-state index is 5.97. The Morgan fingerprint density at radius 2 is 1.75 bits per heavy atom. The molecule has 1 heterocycles. The maximum Gasteiger partial charge on any atom is 0.188 e. The maximum absolute atomic E-state index is 5.97. The molecule has 0 bridgehead atoms. The summed E-state index contributed by atoms with van der Waals surface area (Å²) in [6.45, 7) is 6.76. The third-order valence-electron chi connectivity index (χ3n) is 4.66. The number of ether oxygens (including phenoxy) is 2. The van der Waals surface area contributed by atoms with Gasteiger partial charge < -0.3 is 20.5 Å². The topological polar surface area (TPSA) is 72.1 Å².